The second kappa shape index (κ2) is 5.93. The smallest absolute Gasteiger partial charge is 0.153 e. The molecule has 3 N–H and O–H groups in total. The minimum absolute atomic E-state index is 0.251. The molecule has 2 rings (SSSR count). The third-order valence-electron chi connectivity index (χ3n) is 3.08. The van der Waals surface area contributed by atoms with Gasteiger partial charge in [-0.05, 0) is 12.1 Å². The number of hydrogen-bond acceptors (Lipinski definition) is 4. The maximum atomic E-state index is 8.54. The Labute approximate surface area is 111 Å². The summed E-state index contributed by atoms with van der Waals surface area (Å²) in [6.07, 6.45) is 0. The van der Waals surface area contributed by atoms with Crippen LogP contribution in [0.25, 0.3) is 0 Å². The van der Waals surface area contributed by atoms with Gasteiger partial charge in [-0.1, -0.05) is 28.9 Å². The number of amidine groups is 1. The van der Waals surface area contributed by atoms with Gasteiger partial charge >= 0.3 is 0 Å². The molecule has 1 aliphatic heterocycles. The van der Waals surface area contributed by atoms with E-state index in [4.69, 9.17) is 22.5 Å². The Hall–Kier alpha value is -1.46. The molecule has 5 nitrogen and oxygen atoms in total. The van der Waals surface area contributed by atoms with Crippen molar-refractivity contribution in [2.75, 3.05) is 37.6 Å². The lowest BCUT2D eigenvalue weighted by Crippen LogP contribution is -2.49. The van der Waals surface area contributed by atoms with E-state index < -0.39 is 0 Å². The molecular weight excluding hydrogens is 252 g/mol. The van der Waals surface area contributed by atoms with Crippen LogP contribution < -0.4 is 10.6 Å². The molecule has 0 bridgehead atoms. The minimum Gasteiger partial charge on any atom is -0.409 e. The molecule has 98 valence electrons. The van der Waals surface area contributed by atoms with Crippen LogP contribution in [0.5, 0.6) is 0 Å². The monoisotopic (exact) mass is 268 g/mol. The molecule has 1 aromatic carbocycles. The van der Waals surface area contributed by atoms with Crippen LogP contribution >= 0.6 is 11.6 Å². The highest BCUT2D eigenvalue weighted by molar-refractivity contribution is 6.33. The van der Waals surface area contributed by atoms with Crippen LogP contribution in [-0.4, -0.2) is 48.7 Å². The first-order valence-corrected chi connectivity index (χ1v) is 6.26. The Balaban J connectivity index is 1.93. The first-order chi connectivity index (χ1) is 8.70. The Kier molecular flexibility index (Phi) is 4.28. The molecule has 0 amide bonds. The summed E-state index contributed by atoms with van der Waals surface area (Å²) in [5.74, 6) is 0.251. The Morgan fingerprint density at radius 1 is 1.28 bits per heavy atom. The van der Waals surface area contributed by atoms with Gasteiger partial charge in [0.2, 0.25) is 0 Å². The number of hydrogen-bond donors (Lipinski definition) is 2. The number of halogens is 1. The Morgan fingerprint density at radius 3 is 2.56 bits per heavy atom. The van der Waals surface area contributed by atoms with E-state index in [1.165, 1.54) is 0 Å². The molecule has 0 radical (unpaired) electrons. The van der Waals surface area contributed by atoms with Crippen LogP contribution in [0.3, 0.4) is 0 Å². The van der Waals surface area contributed by atoms with Gasteiger partial charge in [0.25, 0.3) is 0 Å². The van der Waals surface area contributed by atoms with Crippen molar-refractivity contribution >= 4 is 23.1 Å². The molecule has 0 aromatic heterocycles. The predicted octanol–water partition coefficient (Wildman–Crippen LogP) is 1.21. The van der Waals surface area contributed by atoms with Gasteiger partial charge < -0.3 is 15.8 Å². The summed E-state index contributed by atoms with van der Waals surface area (Å²) in [7, 11) is 0. The fourth-order valence-corrected chi connectivity index (χ4v) is 2.37. The summed E-state index contributed by atoms with van der Waals surface area (Å²) in [6.45, 7) is 4.04. The third-order valence-corrected chi connectivity index (χ3v) is 3.40. The molecule has 1 aliphatic rings. The van der Waals surface area contributed by atoms with E-state index in [0.29, 0.717) is 6.54 Å². The van der Waals surface area contributed by atoms with E-state index in [1.807, 2.05) is 24.3 Å². The Bertz CT molecular complexity index is 430. The number of para-hydroxylation sites is 1. The van der Waals surface area contributed by atoms with Crippen LogP contribution in [-0.2, 0) is 0 Å². The number of nitrogens with zero attached hydrogens (tertiary/aromatic N) is 3. The quantitative estimate of drug-likeness (QED) is 0.374. The molecule has 1 aromatic rings. The van der Waals surface area contributed by atoms with E-state index in [-0.39, 0.29) is 5.84 Å². The van der Waals surface area contributed by atoms with Gasteiger partial charge in [-0.25, -0.2) is 0 Å². The van der Waals surface area contributed by atoms with E-state index in [0.717, 1.165) is 36.9 Å². The van der Waals surface area contributed by atoms with E-state index in [9.17, 15) is 0 Å². The molecule has 1 fully saturated rings. The highest BCUT2D eigenvalue weighted by atomic mass is 35.5. The summed E-state index contributed by atoms with van der Waals surface area (Å²) in [4.78, 5) is 4.41. The van der Waals surface area contributed by atoms with Crippen molar-refractivity contribution < 1.29 is 5.21 Å². The lowest BCUT2D eigenvalue weighted by atomic mass is 10.2. The van der Waals surface area contributed by atoms with Crippen molar-refractivity contribution in [1.29, 1.82) is 0 Å². The average Bonchev–Trinajstić information content (AvgIpc) is 2.40. The van der Waals surface area contributed by atoms with Crippen LogP contribution in [0.1, 0.15) is 0 Å². The highest BCUT2D eigenvalue weighted by Gasteiger charge is 2.19. The van der Waals surface area contributed by atoms with Crippen molar-refractivity contribution in [3.63, 3.8) is 0 Å². The SMILES string of the molecule is NC(CN1CCN(c2ccccc2Cl)CC1)=NO. The Morgan fingerprint density at radius 2 is 1.94 bits per heavy atom. The van der Waals surface area contributed by atoms with Gasteiger partial charge in [0.1, 0.15) is 0 Å². The number of piperazine rings is 1. The van der Waals surface area contributed by atoms with E-state index >= 15 is 0 Å². The second-order valence-corrected chi connectivity index (χ2v) is 4.71. The second-order valence-electron chi connectivity index (χ2n) is 4.31. The van der Waals surface area contributed by atoms with Crippen molar-refractivity contribution in [3.05, 3.63) is 29.3 Å². The minimum atomic E-state index is 0.251. The molecule has 0 unspecified atom stereocenters. The molecule has 0 aliphatic carbocycles. The summed E-state index contributed by atoms with van der Waals surface area (Å²) in [6, 6.07) is 7.85. The van der Waals surface area contributed by atoms with Crippen LogP contribution in [0.15, 0.2) is 29.4 Å². The maximum absolute atomic E-state index is 8.54. The predicted molar refractivity (Wildman–Crippen MR) is 73.5 cm³/mol. The zero-order valence-electron chi connectivity index (χ0n) is 10.1. The molecule has 0 spiro atoms. The fourth-order valence-electron chi connectivity index (χ4n) is 2.12. The lowest BCUT2D eigenvalue weighted by molar-refractivity contribution is 0.279. The average molecular weight is 269 g/mol. The number of nitrogens with two attached hydrogens (primary N) is 1. The van der Waals surface area contributed by atoms with Gasteiger partial charge in [-0.3, -0.25) is 4.90 Å². The summed E-state index contributed by atoms with van der Waals surface area (Å²) < 4.78 is 0. The third kappa shape index (κ3) is 3.05. The van der Waals surface area contributed by atoms with Crippen molar-refractivity contribution in [2.45, 2.75) is 0 Å². The summed E-state index contributed by atoms with van der Waals surface area (Å²) in [5, 5.41) is 12.3. The van der Waals surface area contributed by atoms with Crippen LogP contribution in [0.4, 0.5) is 5.69 Å². The standard InChI is InChI=1S/C12H17ClN4O/c13-10-3-1-2-4-11(10)17-7-5-16(6-8-17)9-12(14)15-18/h1-4,18H,5-9H2,(H2,14,15). The summed E-state index contributed by atoms with van der Waals surface area (Å²) in [5.41, 5.74) is 6.57. The van der Waals surface area contributed by atoms with Gasteiger partial charge in [-0.2, -0.15) is 0 Å². The number of anilines is 1. The van der Waals surface area contributed by atoms with E-state index in [1.54, 1.807) is 0 Å². The van der Waals surface area contributed by atoms with Crippen molar-refractivity contribution in [3.8, 4) is 0 Å². The van der Waals surface area contributed by atoms with Gasteiger partial charge in [0.05, 0.1) is 17.3 Å². The molecule has 1 heterocycles. The zero-order chi connectivity index (χ0) is 13.0. The lowest BCUT2D eigenvalue weighted by Gasteiger charge is -2.36. The first kappa shape index (κ1) is 13.0. The van der Waals surface area contributed by atoms with Crippen molar-refractivity contribution in [2.24, 2.45) is 10.9 Å². The normalized spacial score (nSPS) is 18.1. The summed E-state index contributed by atoms with van der Waals surface area (Å²) >= 11 is 6.17. The molecule has 0 saturated carbocycles. The number of rotatable bonds is 3. The van der Waals surface area contributed by atoms with Gasteiger partial charge in [-0.15, -0.1) is 0 Å². The molecule has 0 atom stereocenters. The maximum Gasteiger partial charge on any atom is 0.153 e. The van der Waals surface area contributed by atoms with Gasteiger partial charge in [0.15, 0.2) is 5.84 Å². The molecule has 18 heavy (non-hydrogen) atoms. The highest BCUT2D eigenvalue weighted by Crippen LogP contribution is 2.25. The van der Waals surface area contributed by atoms with Crippen molar-refractivity contribution in [1.82, 2.24) is 4.90 Å². The van der Waals surface area contributed by atoms with E-state index in [2.05, 4.69) is 15.0 Å². The van der Waals surface area contributed by atoms with Gasteiger partial charge in [0, 0.05) is 26.2 Å². The molecule has 1 saturated heterocycles. The molecule has 6 heteroatoms. The topological polar surface area (TPSA) is 65.1 Å². The largest absolute Gasteiger partial charge is 0.409 e. The zero-order valence-corrected chi connectivity index (χ0v) is 10.8. The number of oxime groups is 1. The fraction of sp³-hybridized carbons (Fsp3) is 0.417. The molecular formula is C12H17ClN4O. The van der Waals surface area contributed by atoms with Crippen LogP contribution in [0.2, 0.25) is 5.02 Å². The first-order valence-electron chi connectivity index (χ1n) is 5.89. The number of benzene rings is 1. The van der Waals surface area contributed by atoms with Crippen LogP contribution in [0, 0.1) is 0 Å².